The standard InChI is InChI=1S/C18H14BrN3O4S2/c19-14-7-3-12(4-8-14)17(23)20-21-18(24)13-5-9-15(10-6-13)22-28(25,26)16-2-1-11-27-16/h1-11,22H,(H,20,23)(H,21,24). The van der Waals surface area contributed by atoms with Crippen LogP contribution in [0.4, 0.5) is 5.69 Å². The van der Waals surface area contributed by atoms with Crippen molar-refractivity contribution in [2.24, 2.45) is 0 Å². The molecule has 3 N–H and O–H groups in total. The van der Waals surface area contributed by atoms with Crippen LogP contribution < -0.4 is 15.6 Å². The first-order valence-electron chi connectivity index (χ1n) is 7.88. The van der Waals surface area contributed by atoms with Gasteiger partial charge >= 0.3 is 0 Å². The Balaban J connectivity index is 1.59. The number of carbonyl (C=O) groups excluding carboxylic acids is 2. The predicted octanol–water partition coefficient (Wildman–Crippen LogP) is 3.39. The van der Waals surface area contributed by atoms with Crippen LogP contribution in [0.25, 0.3) is 0 Å². The smallest absolute Gasteiger partial charge is 0.271 e. The fraction of sp³-hybridized carbons (Fsp3) is 0. The number of benzene rings is 2. The molecule has 2 aromatic carbocycles. The van der Waals surface area contributed by atoms with E-state index in [4.69, 9.17) is 0 Å². The van der Waals surface area contributed by atoms with Gasteiger partial charge in [-0.15, -0.1) is 11.3 Å². The van der Waals surface area contributed by atoms with Crippen molar-refractivity contribution in [1.29, 1.82) is 0 Å². The molecule has 0 radical (unpaired) electrons. The first-order chi connectivity index (χ1) is 13.3. The lowest BCUT2D eigenvalue weighted by Crippen LogP contribution is -2.41. The van der Waals surface area contributed by atoms with Crippen LogP contribution in [0.5, 0.6) is 0 Å². The number of rotatable bonds is 5. The van der Waals surface area contributed by atoms with Crippen molar-refractivity contribution >= 4 is 54.8 Å². The SMILES string of the molecule is O=C(NNC(=O)c1ccc(NS(=O)(=O)c2cccs2)cc1)c1ccc(Br)cc1. The van der Waals surface area contributed by atoms with Crippen LogP contribution in [-0.2, 0) is 10.0 Å². The lowest BCUT2D eigenvalue weighted by Gasteiger charge is -2.09. The van der Waals surface area contributed by atoms with Crippen LogP contribution in [0.1, 0.15) is 20.7 Å². The van der Waals surface area contributed by atoms with E-state index in [0.717, 1.165) is 15.8 Å². The summed E-state index contributed by atoms with van der Waals surface area (Å²) in [6.07, 6.45) is 0. The van der Waals surface area contributed by atoms with Crippen molar-refractivity contribution < 1.29 is 18.0 Å². The molecule has 0 spiro atoms. The minimum absolute atomic E-state index is 0.199. The Bertz CT molecular complexity index is 1080. The number of carbonyl (C=O) groups is 2. The van der Waals surface area contributed by atoms with Gasteiger partial charge in [-0.2, -0.15) is 0 Å². The number of nitrogens with one attached hydrogen (secondary N) is 3. The molecule has 0 saturated heterocycles. The predicted molar refractivity (Wildman–Crippen MR) is 111 cm³/mol. The van der Waals surface area contributed by atoms with E-state index in [0.29, 0.717) is 11.3 Å². The molecule has 2 amide bonds. The molecule has 28 heavy (non-hydrogen) atoms. The number of hydrogen-bond acceptors (Lipinski definition) is 5. The van der Waals surface area contributed by atoms with E-state index in [1.54, 1.807) is 35.7 Å². The van der Waals surface area contributed by atoms with Gasteiger partial charge in [0.1, 0.15) is 4.21 Å². The maximum absolute atomic E-state index is 12.2. The summed E-state index contributed by atoms with van der Waals surface area (Å²) in [6.45, 7) is 0. The van der Waals surface area contributed by atoms with Crippen molar-refractivity contribution in [3.05, 3.63) is 81.6 Å². The van der Waals surface area contributed by atoms with Gasteiger partial charge in [-0.25, -0.2) is 8.42 Å². The Morgan fingerprint density at radius 1 is 0.821 bits per heavy atom. The quantitative estimate of drug-likeness (QED) is 0.487. The number of thiophene rings is 1. The second-order valence-electron chi connectivity index (χ2n) is 5.53. The van der Waals surface area contributed by atoms with Crippen LogP contribution in [0.15, 0.2) is 74.7 Å². The average Bonchev–Trinajstić information content (AvgIpc) is 3.22. The lowest BCUT2D eigenvalue weighted by molar-refractivity contribution is 0.0846. The molecule has 3 aromatic rings. The highest BCUT2D eigenvalue weighted by Gasteiger charge is 2.15. The fourth-order valence-corrected chi connectivity index (χ4v) is 4.49. The number of amides is 2. The number of sulfonamides is 1. The van der Waals surface area contributed by atoms with E-state index in [9.17, 15) is 18.0 Å². The molecule has 3 rings (SSSR count). The summed E-state index contributed by atoms with van der Waals surface area (Å²) < 4.78 is 27.8. The molecular formula is C18H14BrN3O4S2. The summed E-state index contributed by atoms with van der Waals surface area (Å²) in [4.78, 5) is 24.1. The second kappa shape index (κ2) is 8.55. The average molecular weight is 480 g/mol. The van der Waals surface area contributed by atoms with Gasteiger partial charge in [0, 0.05) is 21.3 Å². The van der Waals surface area contributed by atoms with Crippen molar-refractivity contribution in [3.63, 3.8) is 0 Å². The molecule has 0 bridgehead atoms. The summed E-state index contributed by atoms with van der Waals surface area (Å²) in [5, 5.41) is 1.67. The van der Waals surface area contributed by atoms with Crippen LogP contribution in [0, 0.1) is 0 Å². The Kier molecular flexibility index (Phi) is 6.12. The summed E-state index contributed by atoms with van der Waals surface area (Å²) in [5.41, 5.74) is 5.61. The lowest BCUT2D eigenvalue weighted by atomic mass is 10.2. The summed E-state index contributed by atoms with van der Waals surface area (Å²) in [7, 11) is -3.65. The number of halogens is 1. The zero-order valence-corrected chi connectivity index (χ0v) is 17.4. The van der Waals surface area contributed by atoms with Gasteiger partial charge < -0.3 is 0 Å². The first-order valence-corrected chi connectivity index (χ1v) is 11.0. The Morgan fingerprint density at radius 2 is 1.36 bits per heavy atom. The maximum atomic E-state index is 12.2. The topological polar surface area (TPSA) is 104 Å². The highest BCUT2D eigenvalue weighted by atomic mass is 79.9. The Hall–Kier alpha value is -2.69. The molecule has 7 nitrogen and oxygen atoms in total. The number of anilines is 1. The molecule has 0 aliphatic carbocycles. The summed E-state index contributed by atoms with van der Waals surface area (Å²) >= 11 is 4.39. The minimum Gasteiger partial charge on any atom is -0.279 e. The van der Waals surface area contributed by atoms with E-state index in [-0.39, 0.29) is 9.77 Å². The third-order valence-electron chi connectivity index (χ3n) is 3.56. The highest BCUT2D eigenvalue weighted by Crippen LogP contribution is 2.20. The van der Waals surface area contributed by atoms with Crippen molar-refractivity contribution in [2.75, 3.05) is 4.72 Å². The zero-order valence-electron chi connectivity index (χ0n) is 14.2. The number of hydrazine groups is 1. The Morgan fingerprint density at radius 3 is 1.86 bits per heavy atom. The van der Waals surface area contributed by atoms with Crippen LogP contribution >= 0.6 is 27.3 Å². The minimum atomic E-state index is -3.65. The molecule has 0 unspecified atom stereocenters. The molecular weight excluding hydrogens is 466 g/mol. The van der Waals surface area contributed by atoms with Crippen molar-refractivity contribution in [2.45, 2.75) is 4.21 Å². The third-order valence-corrected chi connectivity index (χ3v) is 6.86. The van der Waals surface area contributed by atoms with Gasteiger partial charge in [-0.05, 0) is 60.0 Å². The van der Waals surface area contributed by atoms with Gasteiger partial charge in [-0.3, -0.25) is 25.2 Å². The molecule has 1 heterocycles. The van der Waals surface area contributed by atoms with Gasteiger partial charge in [0.05, 0.1) is 0 Å². The fourth-order valence-electron chi connectivity index (χ4n) is 2.17. The van der Waals surface area contributed by atoms with E-state index in [1.807, 2.05) is 0 Å². The summed E-state index contributed by atoms with van der Waals surface area (Å²) in [6, 6.07) is 15.6. The van der Waals surface area contributed by atoms with Crippen LogP contribution in [0.3, 0.4) is 0 Å². The van der Waals surface area contributed by atoms with Crippen molar-refractivity contribution in [3.8, 4) is 0 Å². The van der Waals surface area contributed by atoms with E-state index in [2.05, 4.69) is 31.5 Å². The summed E-state index contributed by atoms with van der Waals surface area (Å²) in [5.74, 6) is -0.987. The molecule has 144 valence electrons. The first kappa shape index (κ1) is 20.1. The molecule has 1 aromatic heterocycles. The van der Waals surface area contributed by atoms with Gasteiger partial charge in [0.15, 0.2) is 0 Å². The molecule has 0 atom stereocenters. The largest absolute Gasteiger partial charge is 0.279 e. The highest BCUT2D eigenvalue weighted by molar-refractivity contribution is 9.10. The van der Waals surface area contributed by atoms with Crippen LogP contribution in [-0.4, -0.2) is 20.2 Å². The van der Waals surface area contributed by atoms with Gasteiger partial charge in [0.25, 0.3) is 21.8 Å². The van der Waals surface area contributed by atoms with E-state index >= 15 is 0 Å². The molecule has 0 fully saturated rings. The van der Waals surface area contributed by atoms with Gasteiger partial charge in [0.2, 0.25) is 0 Å². The monoisotopic (exact) mass is 479 g/mol. The molecule has 0 aliphatic rings. The molecule has 10 heteroatoms. The van der Waals surface area contributed by atoms with E-state index < -0.39 is 21.8 Å². The van der Waals surface area contributed by atoms with Crippen LogP contribution in [0.2, 0.25) is 0 Å². The zero-order chi connectivity index (χ0) is 20.1. The molecule has 0 saturated carbocycles. The van der Waals surface area contributed by atoms with Crippen molar-refractivity contribution in [1.82, 2.24) is 10.9 Å². The third kappa shape index (κ3) is 4.97. The second-order valence-corrected chi connectivity index (χ2v) is 9.30. The Labute approximate surface area is 173 Å². The van der Waals surface area contributed by atoms with E-state index in [1.165, 1.54) is 30.3 Å². The number of hydrogen-bond donors (Lipinski definition) is 3. The van der Waals surface area contributed by atoms with Gasteiger partial charge in [-0.1, -0.05) is 22.0 Å². The maximum Gasteiger partial charge on any atom is 0.271 e. The normalized spacial score (nSPS) is 10.9. The molecule has 0 aliphatic heterocycles.